The molecule has 2 aliphatic rings. The van der Waals surface area contributed by atoms with Gasteiger partial charge in [-0.25, -0.2) is 10.4 Å². The van der Waals surface area contributed by atoms with E-state index in [9.17, 15) is 4.79 Å². The molecule has 4 rings (SSSR count). The molecule has 2 aromatic carbocycles. The lowest BCUT2D eigenvalue weighted by Gasteiger charge is -2.27. The number of hydrogen-bond acceptors (Lipinski definition) is 9. The molecular formula is C26H33N7O5. The molecule has 202 valence electrons. The molecule has 1 fully saturated rings. The molecule has 0 bridgehead atoms. The van der Waals surface area contributed by atoms with Crippen LogP contribution in [-0.2, 0) is 20.7 Å². The van der Waals surface area contributed by atoms with Crippen molar-refractivity contribution in [2.45, 2.75) is 18.4 Å². The summed E-state index contributed by atoms with van der Waals surface area (Å²) in [7, 11) is 0. The summed E-state index contributed by atoms with van der Waals surface area (Å²) in [5.74, 6) is 0.670. The molecule has 12 heteroatoms. The number of azide groups is 1. The molecule has 2 heterocycles. The van der Waals surface area contributed by atoms with Crippen molar-refractivity contribution in [2.24, 2.45) is 10.1 Å². The molecule has 2 aromatic rings. The van der Waals surface area contributed by atoms with Crippen LogP contribution in [-0.4, -0.2) is 86.6 Å². The Hall–Kier alpha value is -3.67. The average Bonchev–Trinajstić information content (AvgIpc) is 3.38. The normalized spacial score (nSPS) is 19.2. The standard InChI is InChI=1S/C26H33N7O5/c27-32-30-23-5-2-1-4-21(23)18-26(25(35)31-28-10-11-33-12-16-36-17-13-33)19-38-24(29-26)20-6-8-22(9-7-20)37-15-3-14-34/h1-2,4-9,28,34H,3,10-19H2,(H,31,35)/t26-/m0/s1. The number of rotatable bonds is 13. The van der Waals surface area contributed by atoms with Crippen molar-refractivity contribution < 1.29 is 24.1 Å². The van der Waals surface area contributed by atoms with Gasteiger partial charge in [-0.3, -0.25) is 15.1 Å². The van der Waals surface area contributed by atoms with Crippen LogP contribution in [0.1, 0.15) is 17.5 Å². The number of amides is 1. The number of aliphatic hydroxyl groups excluding tert-OH is 1. The van der Waals surface area contributed by atoms with Gasteiger partial charge >= 0.3 is 0 Å². The van der Waals surface area contributed by atoms with Crippen LogP contribution >= 0.6 is 0 Å². The third-order valence-electron chi connectivity index (χ3n) is 6.34. The summed E-state index contributed by atoms with van der Waals surface area (Å²) >= 11 is 0. The van der Waals surface area contributed by atoms with E-state index in [0.29, 0.717) is 61.2 Å². The summed E-state index contributed by atoms with van der Waals surface area (Å²) in [6.07, 6.45) is 0.734. The van der Waals surface area contributed by atoms with Crippen LogP contribution in [0.5, 0.6) is 5.75 Å². The smallest absolute Gasteiger partial charge is 0.266 e. The topological polar surface area (TPSA) is 153 Å². The van der Waals surface area contributed by atoms with E-state index in [1.165, 1.54) is 0 Å². The summed E-state index contributed by atoms with van der Waals surface area (Å²) < 4.78 is 16.9. The molecule has 38 heavy (non-hydrogen) atoms. The minimum atomic E-state index is -1.27. The number of aliphatic hydroxyl groups is 1. The molecule has 0 aromatic heterocycles. The SMILES string of the molecule is [N-]=[N+]=Nc1ccccc1C[C@@]1(C(=O)NNCCN2CCOCC2)COC(c2ccc(OCCCO)cc2)=N1. The van der Waals surface area contributed by atoms with Gasteiger partial charge in [-0.15, -0.1) is 0 Å². The van der Waals surface area contributed by atoms with Crippen molar-refractivity contribution in [1.82, 2.24) is 15.8 Å². The minimum absolute atomic E-state index is 0.0265. The predicted molar refractivity (Wildman–Crippen MR) is 141 cm³/mol. The Morgan fingerprint density at radius 3 is 2.76 bits per heavy atom. The van der Waals surface area contributed by atoms with Crippen molar-refractivity contribution in [3.05, 3.63) is 70.1 Å². The average molecular weight is 524 g/mol. The number of carbonyl (C=O) groups is 1. The highest BCUT2D eigenvalue weighted by Crippen LogP contribution is 2.31. The van der Waals surface area contributed by atoms with E-state index in [1.54, 1.807) is 24.3 Å². The van der Waals surface area contributed by atoms with Gasteiger partial charge in [0.2, 0.25) is 5.90 Å². The van der Waals surface area contributed by atoms with Crippen molar-refractivity contribution in [3.8, 4) is 5.75 Å². The van der Waals surface area contributed by atoms with Gasteiger partial charge < -0.3 is 19.3 Å². The molecule has 0 unspecified atom stereocenters. The maximum atomic E-state index is 13.5. The lowest BCUT2D eigenvalue weighted by molar-refractivity contribution is -0.127. The number of carbonyl (C=O) groups excluding carboxylic acids is 1. The number of ether oxygens (including phenoxy) is 3. The fourth-order valence-corrected chi connectivity index (χ4v) is 4.25. The molecule has 1 amide bonds. The van der Waals surface area contributed by atoms with E-state index in [2.05, 4.69) is 25.8 Å². The summed E-state index contributed by atoms with van der Waals surface area (Å²) in [6, 6.07) is 14.3. The zero-order valence-electron chi connectivity index (χ0n) is 21.2. The summed E-state index contributed by atoms with van der Waals surface area (Å²) in [5, 5.41) is 12.7. The fraction of sp³-hybridized carbons (Fsp3) is 0.462. The Morgan fingerprint density at radius 1 is 1.21 bits per heavy atom. The lowest BCUT2D eigenvalue weighted by Crippen LogP contribution is -2.54. The third kappa shape index (κ3) is 7.21. The van der Waals surface area contributed by atoms with Gasteiger partial charge in [0.25, 0.3) is 5.91 Å². The maximum absolute atomic E-state index is 13.5. The lowest BCUT2D eigenvalue weighted by atomic mass is 9.91. The van der Waals surface area contributed by atoms with Gasteiger partial charge in [0, 0.05) is 61.8 Å². The van der Waals surface area contributed by atoms with Crippen LogP contribution in [0, 0.1) is 0 Å². The van der Waals surface area contributed by atoms with Crippen LogP contribution in [0.3, 0.4) is 0 Å². The van der Waals surface area contributed by atoms with E-state index in [1.807, 2.05) is 24.3 Å². The highest BCUT2D eigenvalue weighted by atomic mass is 16.5. The van der Waals surface area contributed by atoms with Gasteiger partial charge in [-0.05, 0) is 35.4 Å². The highest BCUT2D eigenvalue weighted by molar-refractivity contribution is 6.00. The largest absolute Gasteiger partial charge is 0.494 e. The number of hydrogen-bond donors (Lipinski definition) is 3. The van der Waals surface area contributed by atoms with Crippen molar-refractivity contribution in [2.75, 3.05) is 59.2 Å². The van der Waals surface area contributed by atoms with E-state index >= 15 is 0 Å². The van der Waals surface area contributed by atoms with Gasteiger partial charge in [0.1, 0.15) is 12.4 Å². The summed E-state index contributed by atoms with van der Waals surface area (Å²) in [5.41, 5.74) is 15.4. The number of hydrazine groups is 1. The van der Waals surface area contributed by atoms with Gasteiger partial charge in [0.05, 0.1) is 19.8 Å². The van der Waals surface area contributed by atoms with E-state index in [0.717, 1.165) is 19.6 Å². The zero-order chi connectivity index (χ0) is 26.6. The molecule has 12 nitrogen and oxygen atoms in total. The summed E-state index contributed by atoms with van der Waals surface area (Å²) in [6.45, 7) is 5.00. The molecule has 1 atom stereocenters. The number of morpholine rings is 1. The quantitative estimate of drug-likeness (QED) is 0.119. The van der Waals surface area contributed by atoms with Crippen LogP contribution in [0.25, 0.3) is 10.4 Å². The number of aliphatic imine (C=N–C) groups is 1. The van der Waals surface area contributed by atoms with Gasteiger partial charge in [-0.2, -0.15) is 0 Å². The number of nitrogens with zero attached hydrogens (tertiary/aromatic N) is 5. The van der Waals surface area contributed by atoms with E-state index < -0.39 is 5.54 Å². The van der Waals surface area contributed by atoms with Crippen LogP contribution in [0.2, 0.25) is 0 Å². The monoisotopic (exact) mass is 523 g/mol. The second kappa shape index (κ2) is 13.8. The Morgan fingerprint density at radius 2 is 2.00 bits per heavy atom. The Kier molecular flexibility index (Phi) is 9.90. The maximum Gasteiger partial charge on any atom is 0.266 e. The molecule has 0 saturated carbocycles. The van der Waals surface area contributed by atoms with Gasteiger partial charge in [-0.1, -0.05) is 29.4 Å². The Bertz CT molecular complexity index is 1150. The Labute approximate surface area is 221 Å². The molecule has 0 spiro atoms. The molecular weight excluding hydrogens is 490 g/mol. The third-order valence-corrected chi connectivity index (χ3v) is 6.34. The van der Waals surface area contributed by atoms with E-state index in [-0.39, 0.29) is 25.5 Å². The van der Waals surface area contributed by atoms with Gasteiger partial charge in [0.15, 0.2) is 5.54 Å². The minimum Gasteiger partial charge on any atom is -0.494 e. The number of nitrogens with one attached hydrogen (secondary N) is 2. The highest BCUT2D eigenvalue weighted by Gasteiger charge is 2.45. The first-order valence-electron chi connectivity index (χ1n) is 12.7. The summed E-state index contributed by atoms with van der Waals surface area (Å²) in [4.78, 5) is 23.5. The van der Waals surface area contributed by atoms with Crippen molar-refractivity contribution in [1.29, 1.82) is 0 Å². The fourth-order valence-electron chi connectivity index (χ4n) is 4.25. The first kappa shape index (κ1) is 27.4. The molecule has 3 N–H and O–H groups in total. The first-order valence-corrected chi connectivity index (χ1v) is 12.7. The second-order valence-corrected chi connectivity index (χ2v) is 9.02. The molecule has 0 radical (unpaired) electrons. The van der Waals surface area contributed by atoms with Crippen molar-refractivity contribution >= 4 is 17.5 Å². The predicted octanol–water partition coefficient (Wildman–Crippen LogP) is 2.10. The van der Waals surface area contributed by atoms with Crippen LogP contribution in [0.4, 0.5) is 5.69 Å². The van der Waals surface area contributed by atoms with E-state index in [4.69, 9.17) is 29.8 Å². The molecule has 0 aliphatic carbocycles. The zero-order valence-corrected chi connectivity index (χ0v) is 21.2. The second-order valence-electron chi connectivity index (χ2n) is 9.02. The Balaban J connectivity index is 1.50. The van der Waals surface area contributed by atoms with Crippen molar-refractivity contribution in [3.63, 3.8) is 0 Å². The molecule has 2 aliphatic heterocycles. The van der Waals surface area contributed by atoms with Crippen LogP contribution in [0.15, 0.2) is 58.6 Å². The van der Waals surface area contributed by atoms with Crippen LogP contribution < -0.4 is 15.6 Å². The first-order chi connectivity index (χ1) is 18.6. The number of benzene rings is 2. The molecule has 1 saturated heterocycles.